The zero-order valence-electron chi connectivity index (χ0n) is 13.7. The molecule has 1 atom stereocenters. The quantitative estimate of drug-likeness (QED) is 0.847. The molecule has 7 heteroatoms. The van der Waals surface area contributed by atoms with Crippen molar-refractivity contribution in [3.63, 3.8) is 0 Å². The highest BCUT2D eigenvalue weighted by Gasteiger charge is 2.32. The van der Waals surface area contributed by atoms with Gasteiger partial charge in [0.2, 0.25) is 10.0 Å². The number of benzene rings is 1. The Bertz CT molecular complexity index is 860. The van der Waals surface area contributed by atoms with E-state index < -0.39 is 10.0 Å². The van der Waals surface area contributed by atoms with Crippen molar-refractivity contribution in [1.82, 2.24) is 14.1 Å². The zero-order chi connectivity index (χ0) is 16.7. The molecule has 0 radical (unpaired) electrons. The predicted molar refractivity (Wildman–Crippen MR) is 89.1 cm³/mol. The van der Waals surface area contributed by atoms with Gasteiger partial charge in [-0.05, 0) is 42.5 Å². The fourth-order valence-corrected chi connectivity index (χ4v) is 4.99. The summed E-state index contributed by atoms with van der Waals surface area (Å²) in [4.78, 5) is 0.398. The van der Waals surface area contributed by atoms with Crippen molar-refractivity contribution in [2.24, 2.45) is 7.05 Å². The lowest BCUT2D eigenvalue weighted by molar-refractivity contribution is -0.00259. The van der Waals surface area contributed by atoms with Crippen LogP contribution < -0.4 is 0 Å². The highest BCUT2D eigenvalue weighted by Crippen LogP contribution is 2.29. The molecule has 0 saturated carbocycles. The normalized spacial score (nSPS) is 21.8. The van der Waals surface area contributed by atoms with Gasteiger partial charge in [0.1, 0.15) is 0 Å². The van der Waals surface area contributed by atoms with E-state index in [-0.39, 0.29) is 6.10 Å². The number of aromatic nitrogens is 2. The standard InChI is InChI=1S/C17H21N3O3S/c1-19-11-15(10-18-19)17-12-20(7-8-23-17)24(21,22)16-6-5-13-3-2-4-14(13)9-16/h5-6,9-11,17H,2-4,7-8,12H2,1H3/t17-/m1/s1. The highest BCUT2D eigenvalue weighted by molar-refractivity contribution is 7.89. The number of hydrogen-bond donors (Lipinski definition) is 0. The highest BCUT2D eigenvalue weighted by atomic mass is 32.2. The van der Waals surface area contributed by atoms with Crippen LogP contribution in [0, 0.1) is 0 Å². The molecule has 1 saturated heterocycles. The van der Waals surface area contributed by atoms with Gasteiger partial charge in [-0.25, -0.2) is 8.42 Å². The minimum absolute atomic E-state index is 0.267. The summed E-state index contributed by atoms with van der Waals surface area (Å²) in [7, 11) is -1.65. The Kier molecular flexibility index (Phi) is 3.94. The third-order valence-corrected chi connectivity index (χ3v) is 6.69. The van der Waals surface area contributed by atoms with E-state index in [1.165, 1.54) is 15.4 Å². The number of hydrogen-bond acceptors (Lipinski definition) is 4. The molecule has 1 fully saturated rings. The van der Waals surface area contributed by atoms with Crippen molar-refractivity contribution in [3.05, 3.63) is 47.3 Å². The fraction of sp³-hybridized carbons (Fsp3) is 0.471. The van der Waals surface area contributed by atoms with Gasteiger partial charge in [0.25, 0.3) is 0 Å². The van der Waals surface area contributed by atoms with E-state index in [1.807, 2.05) is 25.4 Å². The molecule has 1 aliphatic heterocycles. The summed E-state index contributed by atoms with van der Waals surface area (Å²) < 4.78 is 35.0. The first-order valence-electron chi connectivity index (χ1n) is 8.26. The Morgan fingerprint density at radius 2 is 2.08 bits per heavy atom. The Balaban J connectivity index is 1.59. The monoisotopic (exact) mass is 347 g/mol. The number of ether oxygens (including phenoxy) is 1. The molecule has 2 aromatic rings. The van der Waals surface area contributed by atoms with E-state index in [0.29, 0.717) is 24.6 Å². The summed E-state index contributed by atoms with van der Waals surface area (Å²) in [6, 6.07) is 5.56. The first-order valence-corrected chi connectivity index (χ1v) is 9.70. The van der Waals surface area contributed by atoms with E-state index in [1.54, 1.807) is 16.9 Å². The maximum absolute atomic E-state index is 13.0. The zero-order valence-corrected chi connectivity index (χ0v) is 14.5. The van der Waals surface area contributed by atoms with Crippen molar-refractivity contribution in [3.8, 4) is 0 Å². The molecule has 1 aromatic heterocycles. The van der Waals surface area contributed by atoms with Gasteiger partial charge in [0, 0.05) is 31.9 Å². The van der Waals surface area contributed by atoms with Gasteiger partial charge in [-0.15, -0.1) is 0 Å². The van der Waals surface area contributed by atoms with Gasteiger partial charge in [0.15, 0.2) is 0 Å². The molecule has 2 heterocycles. The molecule has 4 rings (SSSR count). The average molecular weight is 347 g/mol. The number of sulfonamides is 1. The van der Waals surface area contributed by atoms with Crippen LogP contribution in [0.5, 0.6) is 0 Å². The van der Waals surface area contributed by atoms with Gasteiger partial charge < -0.3 is 4.74 Å². The molecule has 24 heavy (non-hydrogen) atoms. The minimum atomic E-state index is -3.49. The Labute approximate surface area is 142 Å². The van der Waals surface area contributed by atoms with Crippen LogP contribution in [-0.2, 0) is 34.6 Å². The summed E-state index contributed by atoms with van der Waals surface area (Å²) >= 11 is 0. The van der Waals surface area contributed by atoms with Gasteiger partial charge in [-0.2, -0.15) is 9.40 Å². The van der Waals surface area contributed by atoms with Gasteiger partial charge in [-0.1, -0.05) is 6.07 Å². The summed E-state index contributed by atoms with van der Waals surface area (Å²) in [5.41, 5.74) is 3.36. The Morgan fingerprint density at radius 3 is 2.88 bits per heavy atom. The fourth-order valence-electron chi connectivity index (χ4n) is 3.51. The van der Waals surface area contributed by atoms with Crippen LogP contribution in [0.1, 0.15) is 29.2 Å². The number of fused-ring (bicyclic) bond motifs is 1. The number of nitrogens with zero attached hydrogens (tertiary/aromatic N) is 3. The topological polar surface area (TPSA) is 64.4 Å². The minimum Gasteiger partial charge on any atom is -0.371 e. The van der Waals surface area contributed by atoms with Gasteiger partial charge >= 0.3 is 0 Å². The van der Waals surface area contributed by atoms with Crippen molar-refractivity contribution in [2.45, 2.75) is 30.3 Å². The van der Waals surface area contributed by atoms with Crippen LogP contribution in [0.15, 0.2) is 35.5 Å². The summed E-state index contributed by atoms with van der Waals surface area (Å²) in [6.07, 6.45) is 6.47. The molecule has 2 aliphatic rings. The summed E-state index contributed by atoms with van der Waals surface area (Å²) in [5.74, 6) is 0. The molecule has 128 valence electrons. The SMILES string of the molecule is Cn1cc([C@H]2CN(S(=O)(=O)c3ccc4c(c3)CCC4)CCO2)cn1. The van der Waals surface area contributed by atoms with Gasteiger partial charge in [-0.3, -0.25) is 4.68 Å². The molecule has 0 unspecified atom stereocenters. The van der Waals surface area contributed by atoms with Crippen molar-refractivity contribution >= 4 is 10.0 Å². The molecule has 1 aliphatic carbocycles. The summed E-state index contributed by atoms with van der Waals surface area (Å²) in [6.45, 7) is 1.10. The lowest BCUT2D eigenvalue weighted by Gasteiger charge is -2.31. The van der Waals surface area contributed by atoms with Crippen LogP contribution >= 0.6 is 0 Å². The Hall–Kier alpha value is -1.70. The van der Waals surface area contributed by atoms with E-state index >= 15 is 0 Å². The predicted octanol–water partition coefficient (Wildman–Crippen LogP) is 1.67. The average Bonchev–Trinajstić information content (AvgIpc) is 3.23. The number of rotatable bonds is 3. The molecule has 6 nitrogen and oxygen atoms in total. The lowest BCUT2D eigenvalue weighted by Crippen LogP contribution is -2.42. The number of aryl methyl sites for hydroxylation is 3. The van der Waals surface area contributed by atoms with Crippen LogP contribution in [0.4, 0.5) is 0 Å². The molecule has 0 bridgehead atoms. The van der Waals surface area contributed by atoms with E-state index in [0.717, 1.165) is 24.8 Å². The molecular formula is C17H21N3O3S. The maximum atomic E-state index is 13.0. The molecule has 0 N–H and O–H groups in total. The Morgan fingerprint density at radius 1 is 1.25 bits per heavy atom. The van der Waals surface area contributed by atoms with Crippen LogP contribution in [0.3, 0.4) is 0 Å². The van der Waals surface area contributed by atoms with Crippen LogP contribution in [0.25, 0.3) is 0 Å². The second-order valence-corrected chi connectivity index (χ2v) is 8.39. The van der Waals surface area contributed by atoms with Crippen molar-refractivity contribution in [2.75, 3.05) is 19.7 Å². The second kappa shape index (κ2) is 5.98. The third kappa shape index (κ3) is 2.76. The largest absolute Gasteiger partial charge is 0.371 e. The van der Waals surface area contributed by atoms with Crippen molar-refractivity contribution in [1.29, 1.82) is 0 Å². The second-order valence-electron chi connectivity index (χ2n) is 6.45. The lowest BCUT2D eigenvalue weighted by atomic mass is 10.1. The van der Waals surface area contributed by atoms with Crippen molar-refractivity contribution < 1.29 is 13.2 Å². The molecule has 0 amide bonds. The van der Waals surface area contributed by atoms with Gasteiger partial charge in [0.05, 0.1) is 23.8 Å². The smallest absolute Gasteiger partial charge is 0.243 e. The maximum Gasteiger partial charge on any atom is 0.243 e. The molecular weight excluding hydrogens is 326 g/mol. The molecule has 0 spiro atoms. The van der Waals surface area contributed by atoms with Crippen LogP contribution in [0.2, 0.25) is 0 Å². The molecule has 1 aromatic carbocycles. The summed E-state index contributed by atoms with van der Waals surface area (Å²) in [5, 5.41) is 4.15. The van der Waals surface area contributed by atoms with E-state index in [9.17, 15) is 8.42 Å². The van der Waals surface area contributed by atoms with E-state index in [4.69, 9.17) is 4.74 Å². The number of morpholine rings is 1. The first kappa shape index (κ1) is 15.8. The van der Waals surface area contributed by atoms with E-state index in [2.05, 4.69) is 5.10 Å². The first-order chi connectivity index (χ1) is 11.5. The third-order valence-electron chi connectivity index (χ3n) is 4.83. The van der Waals surface area contributed by atoms with Crippen LogP contribution in [-0.4, -0.2) is 42.2 Å².